The van der Waals surface area contributed by atoms with E-state index in [0.29, 0.717) is 16.7 Å². The Bertz CT molecular complexity index is 547. The fraction of sp³-hybridized carbons (Fsp3) is 0.200. The van der Waals surface area contributed by atoms with Crippen molar-refractivity contribution >= 4 is 21.6 Å². The lowest BCUT2D eigenvalue weighted by atomic mass is 10.4. The van der Waals surface area contributed by atoms with Gasteiger partial charge in [0.2, 0.25) is 0 Å². The van der Waals surface area contributed by atoms with Crippen LogP contribution in [0.3, 0.4) is 0 Å². The molecule has 0 aliphatic carbocycles. The lowest BCUT2D eigenvalue weighted by molar-refractivity contribution is 0.490. The topological polar surface area (TPSA) is 70.9 Å². The van der Waals surface area contributed by atoms with Gasteiger partial charge in [-0.2, -0.15) is 5.10 Å². The maximum Gasteiger partial charge on any atom is 0.280 e. The molecule has 2 heterocycles. The number of furan rings is 1. The Morgan fingerprint density at radius 1 is 1.56 bits per heavy atom. The number of aryl methyl sites for hydroxylation is 1. The molecule has 2 aromatic rings. The van der Waals surface area contributed by atoms with Crippen molar-refractivity contribution in [3.63, 3.8) is 0 Å². The fourth-order valence-electron chi connectivity index (χ4n) is 1.27. The van der Waals surface area contributed by atoms with Gasteiger partial charge in [0.15, 0.2) is 0 Å². The fourth-order valence-corrected chi connectivity index (χ4v) is 1.60. The lowest BCUT2D eigenvalue weighted by Gasteiger charge is -2.04. The average molecular weight is 284 g/mol. The predicted molar refractivity (Wildman–Crippen MR) is 63.3 cm³/mol. The van der Waals surface area contributed by atoms with Crippen LogP contribution in [0.5, 0.6) is 0 Å². The normalized spacial score (nSPS) is 10.4. The summed E-state index contributed by atoms with van der Waals surface area (Å²) in [6, 6.07) is 3.78. The second-order valence-corrected chi connectivity index (χ2v) is 4.09. The van der Waals surface area contributed by atoms with Crippen molar-refractivity contribution in [3.05, 3.63) is 44.7 Å². The second-order valence-electron chi connectivity index (χ2n) is 3.29. The monoisotopic (exact) mass is 283 g/mol. The third-order valence-electron chi connectivity index (χ3n) is 2.04. The molecule has 0 bridgehead atoms. The van der Waals surface area contributed by atoms with E-state index < -0.39 is 0 Å². The van der Waals surface area contributed by atoms with Gasteiger partial charge < -0.3 is 9.73 Å². The molecule has 0 radical (unpaired) electrons. The zero-order valence-electron chi connectivity index (χ0n) is 8.58. The molecular weight excluding hydrogens is 274 g/mol. The molecular formula is C10H10BrN3O2. The summed E-state index contributed by atoms with van der Waals surface area (Å²) >= 11 is 3.18. The van der Waals surface area contributed by atoms with Crippen molar-refractivity contribution in [1.29, 1.82) is 0 Å². The van der Waals surface area contributed by atoms with Crippen LogP contribution in [-0.4, -0.2) is 10.2 Å². The van der Waals surface area contributed by atoms with Crippen LogP contribution in [0.4, 0.5) is 5.69 Å². The number of aromatic nitrogens is 2. The summed E-state index contributed by atoms with van der Waals surface area (Å²) in [5.74, 6) is 1.67. The molecule has 2 rings (SSSR count). The first kappa shape index (κ1) is 10.9. The molecule has 0 saturated heterocycles. The van der Waals surface area contributed by atoms with E-state index >= 15 is 0 Å². The quantitative estimate of drug-likeness (QED) is 0.904. The summed E-state index contributed by atoms with van der Waals surface area (Å²) in [5.41, 5.74) is 0.374. The molecule has 6 heteroatoms. The molecule has 0 aromatic carbocycles. The van der Waals surface area contributed by atoms with E-state index in [1.54, 1.807) is 6.20 Å². The molecule has 0 unspecified atom stereocenters. The molecule has 0 aliphatic heterocycles. The van der Waals surface area contributed by atoms with Gasteiger partial charge in [-0.1, -0.05) is 0 Å². The predicted octanol–water partition coefficient (Wildman–Crippen LogP) is 2.05. The number of nitrogens with one attached hydrogen (secondary N) is 2. The summed E-state index contributed by atoms with van der Waals surface area (Å²) in [7, 11) is 0. The van der Waals surface area contributed by atoms with Crippen LogP contribution in [0.15, 0.2) is 32.0 Å². The zero-order chi connectivity index (χ0) is 11.5. The Hall–Kier alpha value is -1.56. The minimum atomic E-state index is -0.263. The molecule has 2 aromatic heterocycles. The number of halogens is 1. The molecule has 5 nitrogen and oxygen atoms in total. The van der Waals surface area contributed by atoms with Crippen molar-refractivity contribution in [2.45, 2.75) is 13.5 Å². The van der Waals surface area contributed by atoms with Gasteiger partial charge in [-0.25, -0.2) is 5.10 Å². The third kappa shape index (κ3) is 2.33. The van der Waals surface area contributed by atoms with E-state index in [4.69, 9.17) is 4.42 Å². The van der Waals surface area contributed by atoms with Crippen LogP contribution in [0.1, 0.15) is 11.5 Å². The molecule has 84 valence electrons. The largest absolute Gasteiger partial charge is 0.465 e. The number of hydrogen-bond donors (Lipinski definition) is 2. The highest BCUT2D eigenvalue weighted by atomic mass is 79.9. The number of H-pyrrole nitrogens is 1. The minimum Gasteiger partial charge on any atom is -0.465 e. The summed E-state index contributed by atoms with van der Waals surface area (Å²) in [6.45, 7) is 2.39. The molecule has 16 heavy (non-hydrogen) atoms. The summed E-state index contributed by atoms with van der Waals surface area (Å²) in [4.78, 5) is 11.2. The molecule has 0 atom stereocenters. The Morgan fingerprint density at radius 2 is 2.38 bits per heavy atom. The number of aromatic amines is 1. The van der Waals surface area contributed by atoms with Gasteiger partial charge in [-0.05, 0) is 35.0 Å². The minimum absolute atomic E-state index is 0.263. The lowest BCUT2D eigenvalue weighted by Crippen LogP contribution is -2.11. The maximum absolute atomic E-state index is 11.2. The summed E-state index contributed by atoms with van der Waals surface area (Å²) in [6.07, 6.45) is 1.54. The Labute approximate surface area is 100.0 Å². The summed E-state index contributed by atoms with van der Waals surface area (Å²) in [5, 5.41) is 9.09. The number of rotatable bonds is 3. The van der Waals surface area contributed by atoms with Gasteiger partial charge in [0.05, 0.1) is 18.4 Å². The molecule has 0 spiro atoms. The van der Waals surface area contributed by atoms with Crippen LogP contribution in [0.25, 0.3) is 0 Å². The van der Waals surface area contributed by atoms with E-state index in [1.165, 1.54) is 0 Å². The van der Waals surface area contributed by atoms with Gasteiger partial charge in [-0.3, -0.25) is 4.79 Å². The third-order valence-corrected chi connectivity index (χ3v) is 2.83. The molecule has 0 fully saturated rings. The Balaban J connectivity index is 2.10. The van der Waals surface area contributed by atoms with Gasteiger partial charge >= 0.3 is 0 Å². The molecule has 0 amide bonds. The maximum atomic E-state index is 11.2. The first-order valence-electron chi connectivity index (χ1n) is 4.69. The average Bonchev–Trinajstić information content (AvgIpc) is 2.67. The molecule has 2 N–H and O–H groups in total. The van der Waals surface area contributed by atoms with Crippen molar-refractivity contribution in [2.75, 3.05) is 5.32 Å². The van der Waals surface area contributed by atoms with Gasteiger partial charge in [-0.15, -0.1) is 0 Å². The van der Waals surface area contributed by atoms with Gasteiger partial charge in [0.1, 0.15) is 16.0 Å². The van der Waals surface area contributed by atoms with Crippen LogP contribution in [0, 0.1) is 6.92 Å². The smallest absolute Gasteiger partial charge is 0.280 e. The SMILES string of the molecule is Cc1ccc(CNc2cn[nH]c(=O)c2Br)o1. The van der Waals surface area contributed by atoms with Crippen molar-refractivity contribution in [2.24, 2.45) is 0 Å². The molecule has 0 aliphatic rings. The van der Waals surface area contributed by atoms with Crippen LogP contribution in [-0.2, 0) is 6.54 Å². The Morgan fingerprint density at radius 3 is 3.06 bits per heavy atom. The highest BCUT2D eigenvalue weighted by molar-refractivity contribution is 9.10. The number of nitrogens with zero attached hydrogens (tertiary/aromatic N) is 1. The van der Waals surface area contributed by atoms with E-state index in [2.05, 4.69) is 31.4 Å². The second kappa shape index (κ2) is 4.52. The zero-order valence-corrected chi connectivity index (χ0v) is 10.2. The highest BCUT2D eigenvalue weighted by Gasteiger charge is 2.05. The first-order chi connectivity index (χ1) is 7.66. The number of anilines is 1. The van der Waals surface area contributed by atoms with Crippen LogP contribution < -0.4 is 10.9 Å². The summed E-state index contributed by atoms with van der Waals surface area (Å²) < 4.78 is 5.83. The van der Waals surface area contributed by atoms with E-state index in [1.807, 2.05) is 19.1 Å². The van der Waals surface area contributed by atoms with E-state index in [9.17, 15) is 4.79 Å². The number of hydrogen-bond acceptors (Lipinski definition) is 4. The van der Waals surface area contributed by atoms with E-state index in [0.717, 1.165) is 11.5 Å². The van der Waals surface area contributed by atoms with Crippen molar-refractivity contribution in [1.82, 2.24) is 10.2 Å². The van der Waals surface area contributed by atoms with Crippen molar-refractivity contribution < 1.29 is 4.42 Å². The van der Waals surface area contributed by atoms with Crippen LogP contribution >= 0.6 is 15.9 Å². The first-order valence-corrected chi connectivity index (χ1v) is 5.48. The Kier molecular flexibility index (Phi) is 3.09. The molecule has 0 saturated carbocycles. The van der Waals surface area contributed by atoms with Crippen molar-refractivity contribution in [3.8, 4) is 0 Å². The van der Waals surface area contributed by atoms with E-state index in [-0.39, 0.29) is 5.56 Å². The van der Waals surface area contributed by atoms with Gasteiger partial charge in [0.25, 0.3) is 5.56 Å². The van der Waals surface area contributed by atoms with Gasteiger partial charge in [0, 0.05) is 0 Å². The standard InChI is InChI=1S/C10H10BrN3O2/c1-6-2-3-7(16-6)4-12-8-5-13-14-10(15)9(8)11/h2-3,5H,4H2,1H3,(H2,12,14,15). The van der Waals surface area contributed by atoms with Crippen LogP contribution in [0.2, 0.25) is 0 Å². The highest BCUT2D eigenvalue weighted by Crippen LogP contribution is 2.16.